The molecule has 1 aliphatic heterocycles. The van der Waals surface area contributed by atoms with E-state index < -0.39 is 11.9 Å². The Labute approximate surface area is 188 Å². The number of halogens is 1. The molecule has 0 saturated carbocycles. The Kier molecular flexibility index (Phi) is 5.57. The predicted molar refractivity (Wildman–Crippen MR) is 122 cm³/mol. The Morgan fingerprint density at radius 1 is 1.06 bits per heavy atom. The lowest BCUT2D eigenvalue weighted by atomic mass is 10.00. The van der Waals surface area contributed by atoms with E-state index in [-0.39, 0.29) is 16.9 Å². The minimum atomic E-state index is -1.20. The molecule has 0 aliphatic carbocycles. The number of aromatic nitrogens is 4. The molecule has 0 radical (unpaired) electrons. The van der Waals surface area contributed by atoms with Crippen LogP contribution in [-0.4, -0.2) is 50.9 Å². The van der Waals surface area contributed by atoms with Gasteiger partial charge in [-0.05, 0) is 35.9 Å². The van der Waals surface area contributed by atoms with Gasteiger partial charge >= 0.3 is 0 Å². The molecule has 0 spiro atoms. The van der Waals surface area contributed by atoms with Crippen molar-refractivity contribution in [3.63, 3.8) is 0 Å². The summed E-state index contributed by atoms with van der Waals surface area (Å²) in [6, 6.07) is 11.4. The van der Waals surface area contributed by atoms with Crippen LogP contribution in [0.25, 0.3) is 22.2 Å². The summed E-state index contributed by atoms with van der Waals surface area (Å²) in [6.45, 7) is 2.95. The molecule has 3 heterocycles. The van der Waals surface area contributed by atoms with Crippen LogP contribution >= 0.6 is 0 Å². The van der Waals surface area contributed by atoms with Gasteiger partial charge in [0.1, 0.15) is 24.1 Å². The summed E-state index contributed by atoms with van der Waals surface area (Å²) in [7, 11) is 1.53. The summed E-state index contributed by atoms with van der Waals surface area (Å²) in [5.74, 6) is -0.305. The summed E-state index contributed by atoms with van der Waals surface area (Å²) < 4.78 is 21.6. The SMILES string of the molecule is Cn1c(C(O)c2ccc(F)c(-c3ncnc4cc(N5CCOCC5)ccc34)c2)nccc1=O. The van der Waals surface area contributed by atoms with Crippen LogP contribution < -0.4 is 10.5 Å². The van der Waals surface area contributed by atoms with E-state index in [4.69, 9.17) is 4.74 Å². The van der Waals surface area contributed by atoms with E-state index >= 15 is 0 Å². The average Bonchev–Trinajstić information content (AvgIpc) is 2.85. The number of rotatable bonds is 4. The molecule has 1 atom stereocenters. The molecule has 0 bridgehead atoms. The van der Waals surface area contributed by atoms with E-state index in [1.165, 1.54) is 48.4 Å². The van der Waals surface area contributed by atoms with Gasteiger partial charge in [0, 0.05) is 49.0 Å². The summed E-state index contributed by atoms with van der Waals surface area (Å²) in [4.78, 5) is 27.0. The van der Waals surface area contributed by atoms with E-state index in [0.29, 0.717) is 35.4 Å². The second-order valence-corrected chi connectivity index (χ2v) is 7.87. The fraction of sp³-hybridized carbons (Fsp3) is 0.250. The summed E-state index contributed by atoms with van der Waals surface area (Å²) in [5.41, 5.74) is 2.49. The minimum absolute atomic E-state index is 0.169. The van der Waals surface area contributed by atoms with Crippen LogP contribution in [0.3, 0.4) is 0 Å². The smallest absolute Gasteiger partial charge is 0.253 e. The molecule has 9 heteroatoms. The number of fused-ring (bicyclic) bond motifs is 1. The van der Waals surface area contributed by atoms with Crippen LogP contribution in [-0.2, 0) is 11.8 Å². The van der Waals surface area contributed by atoms with Gasteiger partial charge in [-0.2, -0.15) is 0 Å². The van der Waals surface area contributed by atoms with Gasteiger partial charge in [-0.25, -0.2) is 19.3 Å². The van der Waals surface area contributed by atoms with Crippen LogP contribution in [0.5, 0.6) is 0 Å². The molecule has 1 fully saturated rings. The largest absolute Gasteiger partial charge is 0.380 e. The van der Waals surface area contributed by atoms with Gasteiger partial charge in [-0.15, -0.1) is 0 Å². The number of hydrogen-bond donors (Lipinski definition) is 1. The maximum atomic E-state index is 14.9. The Bertz CT molecular complexity index is 1380. The highest BCUT2D eigenvalue weighted by atomic mass is 19.1. The first kappa shape index (κ1) is 21.2. The Morgan fingerprint density at radius 3 is 2.70 bits per heavy atom. The van der Waals surface area contributed by atoms with Crippen molar-refractivity contribution >= 4 is 16.6 Å². The Hall–Kier alpha value is -3.69. The zero-order chi connectivity index (χ0) is 22.9. The molecular weight excluding hydrogens is 425 g/mol. The number of aliphatic hydroxyl groups excluding tert-OH is 1. The third-order valence-electron chi connectivity index (χ3n) is 5.90. The van der Waals surface area contributed by atoms with Crippen molar-refractivity contribution in [2.75, 3.05) is 31.2 Å². The van der Waals surface area contributed by atoms with Gasteiger partial charge in [0.05, 0.1) is 24.4 Å². The number of morpholine rings is 1. The first-order valence-corrected chi connectivity index (χ1v) is 10.6. The van der Waals surface area contributed by atoms with Gasteiger partial charge < -0.3 is 14.7 Å². The molecule has 0 amide bonds. The van der Waals surface area contributed by atoms with Crippen molar-refractivity contribution < 1.29 is 14.2 Å². The number of ether oxygens (including phenoxy) is 1. The van der Waals surface area contributed by atoms with E-state index in [1.807, 2.05) is 18.2 Å². The van der Waals surface area contributed by atoms with E-state index in [2.05, 4.69) is 19.9 Å². The highest BCUT2D eigenvalue weighted by Crippen LogP contribution is 2.32. The number of benzene rings is 2. The fourth-order valence-corrected chi connectivity index (χ4v) is 4.06. The number of aliphatic hydroxyl groups is 1. The summed E-state index contributed by atoms with van der Waals surface area (Å²) in [5, 5.41) is 11.6. The van der Waals surface area contributed by atoms with Crippen LogP contribution in [0.15, 0.2) is 59.8 Å². The van der Waals surface area contributed by atoms with Gasteiger partial charge in [0.15, 0.2) is 0 Å². The number of nitrogens with zero attached hydrogens (tertiary/aromatic N) is 5. The molecule has 1 aliphatic rings. The topological polar surface area (TPSA) is 93.4 Å². The molecule has 5 rings (SSSR count). The standard InChI is InChI=1S/C24H22FN5O3/c1-29-21(31)6-7-26-24(29)23(32)15-2-5-19(25)18(12-15)22-17-4-3-16(13-20(17)27-14-28-22)30-8-10-33-11-9-30/h2-7,12-14,23,32H,8-11H2,1H3. The van der Waals surface area contributed by atoms with Gasteiger partial charge in [-0.1, -0.05) is 6.07 Å². The first-order chi connectivity index (χ1) is 16.0. The van der Waals surface area contributed by atoms with Gasteiger partial charge in [0.25, 0.3) is 5.56 Å². The maximum absolute atomic E-state index is 14.9. The summed E-state index contributed by atoms with van der Waals surface area (Å²) >= 11 is 0. The van der Waals surface area contributed by atoms with Gasteiger partial charge in [0.2, 0.25) is 0 Å². The first-order valence-electron chi connectivity index (χ1n) is 10.6. The second kappa shape index (κ2) is 8.68. The molecule has 168 valence electrons. The predicted octanol–water partition coefficient (Wildman–Crippen LogP) is 2.45. The van der Waals surface area contributed by atoms with Crippen LogP contribution in [0, 0.1) is 5.82 Å². The fourth-order valence-electron chi connectivity index (χ4n) is 4.06. The highest BCUT2D eigenvalue weighted by Gasteiger charge is 2.20. The second-order valence-electron chi connectivity index (χ2n) is 7.87. The third kappa shape index (κ3) is 3.96. The molecule has 8 nitrogen and oxygen atoms in total. The van der Waals surface area contributed by atoms with Crippen molar-refractivity contribution in [2.24, 2.45) is 7.05 Å². The zero-order valence-corrected chi connectivity index (χ0v) is 18.0. The van der Waals surface area contributed by atoms with Crippen LogP contribution in [0.1, 0.15) is 17.5 Å². The lowest BCUT2D eigenvalue weighted by molar-refractivity contribution is 0.122. The van der Waals surface area contributed by atoms with E-state index in [9.17, 15) is 14.3 Å². The van der Waals surface area contributed by atoms with Gasteiger partial charge in [-0.3, -0.25) is 9.36 Å². The molecule has 1 N–H and O–H groups in total. The molecule has 1 saturated heterocycles. The number of anilines is 1. The van der Waals surface area contributed by atoms with Crippen molar-refractivity contribution in [2.45, 2.75) is 6.10 Å². The van der Waals surface area contributed by atoms with Crippen molar-refractivity contribution in [3.8, 4) is 11.3 Å². The van der Waals surface area contributed by atoms with Crippen molar-refractivity contribution in [1.29, 1.82) is 0 Å². The monoisotopic (exact) mass is 447 g/mol. The quantitative estimate of drug-likeness (QED) is 0.514. The third-order valence-corrected chi connectivity index (χ3v) is 5.90. The highest BCUT2D eigenvalue weighted by molar-refractivity contribution is 5.94. The molecule has 2 aromatic carbocycles. The van der Waals surface area contributed by atoms with Crippen LogP contribution in [0.4, 0.5) is 10.1 Å². The maximum Gasteiger partial charge on any atom is 0.253 e. The normalized spacial score (nSPS) is 15.1. The molecule has 1 unspecified atom stereocenters. The lowest BCUT2D eigenvalue weighted by Crippen LogP contribution is -2.36. The van der Waals surface area contributed by atoms with Crippen molar-refractivity contribution in [1.82, 2.24) is 19.5 Å². The van der Waals surface area contributed by atoms with Crippen molar-refractivity contribution in [3.05, 3.63) is 82.5 Å². The average molecular weight is 447 g/mol. The molecule has 2 aromatic heterocycles. The zero-order valence-electron chi connectivity index (χ0n) is 18.0. The molecule has 4 aromatic rings. The Balaban J connectivity index is 1.57. The molecule has 33 heavy (non-hydrogen) atoms. The lowest BCUT2D eigenvalue weighted by Gasteiger charge is -2.29. The Morgan fingerprint density at radius 2 is 1.88 bits per heavy atom. The van der Waals surface area contributed by atoms with E-state index in [0.717, 1.165) is 18.8 Å². The van der Waals surface area contributed by atoms with E-state index in [1.54, 1.807) is 0 Å². The van der Waals surface area contributed by atoms with Crippen LogP contribution in [0.2, 0.25) is 0 Å². The minimum Gasteiger partial charge on any atom is -0.380 e. The summed E-state index contributed by atoms with van der Waals surface area (Å²) in [6.07, 6.45) is 1.55. The molecular formula is C24H22FN5O3. The number of hydrogen-bond acceptors (Lipinski definition) is 7.